The Morgan fingerprint density at radius 2 is 2.03 bits per heavy atom. The van der Waals surface area contributed by atoms with Gasteiger partial charge < -0.3 is 29.8 Å². The molecule has 1 saturated carbocycles. The molecule has 0 unspecified atom stereocenters. The number of carbonyl (C=O) groups excluding carboxylic acids is 2. The third kappa shape index (κ3) is 4.85. The number of aliphatic hydroxyl groups excluding tert-OH is 1. The molecule has 3 heterocycles. The molecule has 1 aliphatic heterocycles. The van der Waals surface area contributed by atoms with Crippen LogP contribution in [0.15, 0.2) is 24.4 Å². The molecule has 1 saturated heterocycles. The van der Waals surface area contributed by atoms with Crippen LogP contribution in [-0.2, 0) is 4.79 Å². The van der Waals surface area contributed by atoms with Gasteiger partial charge in [0.05, 0.1) is 36.9 Å². The lowest BCUT2D eigenvalue weighted by Gasteiger charge is -2.16. The first-order valence-corrected chi connectivity index (χ1v) is 12.5. The molecule has 2 atom stereocenters. The van der Waals surface area contributed by atoms with E-state index < -0.39 is 23.9 Å². The third-order valence-electron chi connectivity index (χ3n) is 7.08. The average molecular weight is 511 g/mol. The fourth-order valence-corrected chi connectivity index (χ4v) is 4.82. The molecule has 9 nitrogen and oxygen atoms in total. The molecular formula is C27H31FN4O5. The molecule has 2 amide bonds. The number of fused-ring (bicyclic) bond motifs is 1. The molecule has 0 bridgehead atoms. The summed E-state index contributed by atoms with van der Waals surface area (Å²) in [6, 6.07) is 4.12. The Hall–Kier alpha value is -3.66. The number of aromatic nitrogens is 2. The highest BCUT2D eigenvalue weighted by Gasteiger charge is 2.35. The topological polar surface area (TPSA) is 117 Å². The first-order chi connectivity index (χ1) is 17.8. The second kappa shape index (κ2) is 10.0. The summed E-state index contributed by atoms with van der Waals surface area (Å²) in [7, 11) is 1.41. The van der Waals surface area contributed by atoms with Crippen molar-refractivity contribution in [1.82, 2.24) is 20.2 Å². The first-order valence-electron chi connectivity index (χ1n) is 12.5. The van der Waals surface area contributed by atoms with Gasteiger partial charge in [-0.05, 0) is 37.8 Å². The number of nitrogens with zero attached hydrogens (tertiary/aromatic N) is 2. The molecule has 2 fully saturated rings. The molecule has 1 aromatic carbocycles. The van der Waals surface area contributed by atoms with Crippen LogP contribution < -0.4 is 14.8 Å². The maximum atomic E-state index is 14.6. The van der Waals surface area contributed by atoms with Crippen molar-refractivity contribution < 1.29 is 28.6 Å². The lowest BCUT2D eigenvalue weighted by molar-refractivity contribution is -0.130. The van der Waals surface area contributed by atoms with E-state index in [0.29, 0.717) is 58.1 Å². The van der Waals surface area contributed by atoms with E-state index in [1.807, 2.05) is 0 Å². The van der Waals surface area contributed by atoms with Crippen LogP contribution in [0.25, 0.3) is 22.2 Å². The minimum atomic E-state index is -0.855. The van der Waals surface area contributed by atoms with Crippen molar-refractivity contribution >= 4 is 22.8 Å². The van der Waals surface area contributed by atoms with Gasteiger partial charge in [0.25, 0.3) is 5.91 Å². The largest absolute Gasteiger partial charge is 0.494 e. The second-order valence-electron chi connectivity index (χ2n) is 9.74. The lowest BCUT2D eigenvalue weighted by Crippen LogP contribution is -2.43. The minimum Gasteiger partial charge on any atom is -0.494 e. The molecule has 37 heavy (non-hydrogen) atoms. The maximum Gasteiger partial charge on any atom is 0.255 e. The van der Waals surface area contributed by atoms with Gasteiger partial charge in [0.1, 0.15) is 11.3 Å². The first kappa shape index (κ1) is 25.0. The quantitative estimate of drug-likeness (QED) is 0.429. The van der Waals surface area contributed by atoms with Gasteiger partial charge in [0.2, 0.25) is 5.91 Å². The number of halogens is 1. The number of nitrogens with one attached hydrogen (secondary N) is 2. The minimum absolute atomic E-state index is 0.0696. The number of pyridine rings is 1. The SMILES string of the molecule is CCC(=O)N1C[C@H](O)[C@H](NC(=O)c2c(C)[nH]c3c(-c4cc(OC)c(F)cc4OCC4CC4)ccnc23)C1. The number of carbonyl (C=O) groups is 2. The highest BCUT2D eigenvalue weighted by Crippen LogP contribution is 2.40. The Morgan fingerprint density at radius 1 is 1.24 bits per heavy atom. The van der Waals surface area contributed by atoms with Gasteiger partial charge in [0.15, 0.2) is 11.6 Å². The summed E-state index contributed by atoms with van der Waals surface area (Å²) in [6.45, 7) is 4.47. The summed E-state index contributed by atoms with van der Waals surface area (Å²) in [5.74, 6) is -0.0270. The molecule has 2 aliphatic rings. The standard InChI is InChI=1S/C27H31FN4O5/c1-4-23(34)32-11-19(20(33)12-32)31-27(35)24-14(2)30-25-16(7-8-29-26(24)25)17-9-22(36-3)18(28)10-21(17)37-13-15-5-6-15/h7-10,15,19-20,30,33H,4-6,11-13H2,1-3H3,(H,31,35)/t19-,20+/m1/s1. The van der Waals surface area contributed by atoms with Crippen molar-refractivity contribution in [3.63, 3.8) is 0 Å². The number of aryl methyl sites for hydroxylation is 1. The van der Waals surface area contributed by atoms with Gasteiger partial charge in [-0.25, -0.2) is 4.39 Å². The Bertz CT molecular complexity index is 1350. The Labute approximate surface area is 214 Å². The molecule has 0 radical (unpaired) electrons. The monoisotopic (exact) mass is 510 g/mol. The summed E-state index contributed by atoms with van der Waals surface area (Å²) < 4.78 is 25.8. The van der Waals surface area contributed by atoms with Crippen molar-refractivity contribution in [1.29, 1.82) is 0 Å². The van der Waals surface area contributed by atoms with Crippen LogP contribution in [0.2, 0.25) is 0 Å². The predicted octanol–water partition coefficient (Wildman–Crippen LogP) is 3.19. The number of β-amino-alcohol motifs (C(OH)–C–C–N with tert-alkyl or cyclic N) is 1. The van der Waals surface area contributed by atoms with Crippen LogP contribution in [0.3, 0.4) is 0 Å². The van der Waals surface area contributed by atoms with Crippen LogP contribution in [0, 0.1) is 18.7 Å². The van der Waals surface area contributed by atoms with E-state index in [9.17, 15) is 19.1 Å². The van der Waals surface area contributed by atoms with Gasteiger partial charge in [-0.1, -0.05) is 6.92 Å². The van der Waals surface area contributed by atoms with Gasteiger partial charge in [-0.2, -0.15) is 0 Å². The number of likely N-dealkylation sites (tertiary alicyclic amines) is 1. The molecule has 5 rings (SSSR count). The zero-order valence-electron chi connectivity index (χ0n) is 21.1. The number of hydrogen-bond donors (Lipinski definition) is 3. The van der Waals surface area contributed by atoms with E-state index in [1.54, 1.807) is 37.1 Å². The van der Waals surface area contributed by atoms with Crippen molar-refractivity contribution in [2.75, 3.05) is 26.8 Å². The van der Waals surface area contributed by atoms with Crippen LogP contribution in [-0.4, -0.2) is 70.7 Å². The number of ether oxygens (including phenoxy) is 2. The fraction of sp³-hybridized carbons (Fsp3) is 0.444. The van der Waals surface area contributed by atoms with Gasteiger partial charge in [0, 0.05) is 48.6 Å². The van der Waals surface area contributed by atoms with Crippen molar-refractivity contribution in [2.45, 2.75) is 45.3 Å². The summed E-state index contributed by atoms with van der Waals surface area (Å²) >= 11 is 0. The number of aliphatic hydroxyl groups is 1. The Balaban J connectivity index is 1.49. The number of benzene rings is 1. The number of methoxy groups -OCH3 is 1. The van der Waals surface area contributed by atoms with Crippen molar-refractivity contribution in [3.8, 4) is 22.6 Å². The molecule has 0 spiro atoms. The van der Waals surface area contributed by atoms with E-state index >= 15 is 0 Å². The molecule has 1 aliphatic carbocycles. The van der Waals surface area contributed by atoms with Gasteiger partial charge >= 0.3 is 0 Å². The van der Waals surface area contributed by atoms with Crippen LogP contribution >= 0.6 is 0 Å². The van der Waals surface area contributed by atoms with E-state index in [1.165, 1.54) is 13.2 Å². The molecule has 3 N–H and O–H groups in total. The lowest BCUT2D eigenvalue weighted by atomic mass is 10.0. The normalized spacial score (nSPS) is 19.3. The third-order valence-corrected chi connectivity index (χ3v) is 7.08. The highest BCUT2D eigenvalue weighted by atomic mass is 19.1. The summed E-state index contributed by atoms with van der Waals surface area (Å²) in [6.07, 6.45) is 3.27. The van der Waals surface area contributed by atoms with Crippen molar-refractivity contribution in [2.24, 2.45) is 5.92 Å². The van der Waals surface area contributed by atoms with Crippen molar-refractivity contribution in [3.05, 3.63) is 41.5 Å². The number of amides is 2. The van der Waals surface area contributed by atoms with Crippen LogP contribution in [0.1, 0.15) is 42.2 Å². The molecular weight excluding hydrogens is 479 g/mol. The molecule has 196 valence electrons. The van der Waals surface area contributed by atoms with E-state index in [0.717, 1.165) is 12.8 Å². The summed E-state index contributed by atoms with van der Waals surface area (Å²) in [5, 5.41) is 13.3. The fourth-order valence-electron chi connectivity index (χ4n) is 4.82. The Morgan fingerprint density at radius 3 is 2.73 bits per heavy atom. The smallest absolute Gasteiger partial charge is 0.255 e. The molecule has 10 heteroatoms. The zero-order chi connectivity index (χ0) is 26.3. The average Bonchev–Trinajstić information content (AvgIpc) is 3.55. The molecule has 3 aromatic rings. The van der Waals surface area contributed by atoms with Crippen LogP contribution in [0.4, 0.5) is 4.39 Å². The van der Waals surface area contributed by atoms with Crippen LogP contribution in [0.5, 0.6) is 11.5 Å². The van der Waals surface area contributed by atoms with E-state index in [-0.39, 0.29) is 24.7 Å². The number of aromatic amines is 1. The Kier molecular flexibility index (Phi) is 6.76. The number of hydrogen-bond acceptors (Lipinski definition) is 6. The highest BCUT2D eigenvalue weighted by molar-refractivity contribution is 6.10. The van der Waals surface area contributed by atoms with Gasteiger partial charge in [-0.3, -0.25) is 14.6 Å². The number of rotatable bonds is 8. The summed E-state index contributed by atoms with van der Waals surface area (Å²) in [4.78, 5) is 34.7. The predicted molar refractivity (Wildman–Crippen MR) is 135 cm³/mol. The van der Waals surface area contributed by atoms with E-state index in [2.05, 4.69) is 15.3 Å². The van der Waals surface area contributed by atoms with Gasteiger partial charge in [-0.15, -0.1) is 0 Å². The molecule has 2 aromatic heterocycles. The summed E-state index contributed by atoms with van der Waals surface area (Å²) in [5.41, 5.74) is 3.30. The zero-order valence-corrected chi connectivity index (χ0v) is 21.1. The van der Waals surface area contributed by atoms with E-state index in [4.69, 9.17) is 9.47 Å². The second-order valence-corrected chi connectivity index (χ2v) is 9.74. The number of H-pyrrole nitrogens is 1. The maximum absolute atomic E-state index is 14.6.